The molecule has 0 saturated carbocycles. The molecular weight excluding hydrogens is 384 g/mol. The predicted octanol–water partition coefficient (Wildman–Crippen LogP) is 1.36. The fourth-order valence-electron chi connectivity index (χ4n) is 3.45. The van der Waals surface area contributed by atoms with Crippen molar-refractivity contribution in [3.05, 3.63) is 23.8 Å². The Balaban J connectivity index is 1.91. The van der Waals surface area contributed by atoms with Crippen LogP contribution in [0.4, 0.5) is 0 Å². The lowest BCUT2D eigenvalue weighted by molar-refractivity contribution is 0.0458. The van der Waals surface area contributed by atoms with Crippen LogP contribution >= 0.6 is 0 Å². The number of sulfonamides is 1. The highest BCUT2D eigenvalue weighted by Gasteiger charge is 2.30. The van der Waals surface area contributed by atoms with Crippen molar-refractivity contribution in [2.24, 2.45) is 0 Å². The van der Waals surface area contributed by atoms with Gasteiger partial charge in [0, 0.05) is 32.8 Å². The van der Waals surface area contributed by atoms with E-state index in [4.69, 9.17) is 14.2 Å². The summed E-state index contributed by atoms with van der Waals surface area (Å²) >= 11 is 0. The molecule has 1 atom stereocenters. The van der Waals surface area contributed by atoms with E-state index < -0.39 is 10.0 Å². The van der Waals surface area contributed by atoms with E-state index in [1.165, 1.54) is 23.5 Å². The van der Waals surface area contributed by atoms with Crippen molar-refractivity contribution in [1.29, 1.82) is 0 Å². The molecule has 2 fully saturated rings. The van der Waals surface area contributed by atoms with Gasteiger partial charge in [-0.05, 0) is 31.0 Å². The monoisotopic (exact) mass is 412 g/mol. The average molecular weight is 413 g/mol. The molecule has 3 rings (SSSR count). The summed E-state index contributed by atoms with van der Waals surface area (Å²) in [7, 11) is -2.22. The Morgan fingerprint density at radius 2 is 1.96 bits per heavy atom. The highest BCUT2D eigenvalue weighted by molar-refractivity contribution is 7.89. The van der Waals surface area contributed by atoms with Gasteiger partial charge in [-0.25, -0.2) is 8.42 Å². The summed E-state index contributed by atoms with van der Waals surface area (Å²) in [5, 5.41) is 0. The number of carbonyl (C=O) groups is 1. The topological polar surface area (TPSA) is 85.4 Å². The van der Waals surface area contributed by atoms with Crippen molar-refractivity contribution in [1.82, 2.24) is 9.21 Å². The zero-order valence-electron chi connectivity index (χ0n) is 16.4. The molecule has 1 aromatic rings. The molecule has 2 saturated heterocycles. The van der Waals surface area contributed by atoms with Gasteiger partial charge in [0.25, 0.3) is 5.91 Å². The number of amides is 1. The van der Waals surface area contributed by atoms with Crippen LogP contribution in [0, 0.1) is 0 Å². The fraction of sp³-hybridized carbons (Fsp3) is 0.632. The molecule has 0 aromatic heterocycles. The van der Waals surface area contributed by atoms with Gasteiger partial charge >= 0.3 is 0 Å². The molecule has 0 bridgehead atoms. The quantitative estimate of drug-likeness (QED) is 0.726. The first-order chi connectivity index (χ1) is 13.5. The molecule has 2 aliphatic rings. The van der Waals surface area contributed by atoms with E-state index in [2.05, 4.69) is 0 Å². The molecule has 1 amide bonds. The van der Waals surface area contributed by atoms with Gasteiger partial charge in [-0.15, -0.1) is 0 Å². The second-order valence-corrected chi connectivity index (χ2v) is 8.82. The van der Waals surface area contributed by atoms with Gasteiger partial charge in [-0.3, -0.25) is 4.79 Å². The van der Waals surface area contributed by atoms with Crippen LogP contribution in [0.25, 0.3) is 0 Å². The maximum absolute atomic E-state index is 13.2. The van der Waals surface area contributed by atoms with Gasteiger partial charge in [0.2, 0.25) is 10.0 Å². The van der Waals surface area contributed by atoms with Crippen LogP contribution in [0.1, 0.15) is 30.1 Å². The Morgan fingerprint density at radius 1 is 1.21 bits per heavy atom. The van der Waals surface area contributed by atoms with Crippen molar-refractivity contribution in [2.45, 2.75) is 30.8 Å². The third-order valence-electron chi connectivity index (χ3n) is 5.10. The van der Waals surface area contributed by atoms with E-state index >= 15 is 0 Å². The Bertz CT molecular complexity index is 792. The second kappa shape index (κ2) is 9.21. The molecule has 28 heavy (non-hydrogen) atoms. The zero-order chi connectivity index (χ0) is 20.1. The van der Waals surface area contributed by atoms with Crippen molar-refractivity contribution >= 4 is 15.9 Å². The lowest BCUT2D eigenvalue weighted by Crippen LogP contribution is -2.40. The summed E-state index contributed by atoms with van der Waals surface area (Å²) in [6, 6.07) is 4.46. The largest absolute Gasteiger partial charge is 0.496 e. The van der Waals surface area contributed by atoms with E-state index in [1.54, 1.807) is 11.0 Å². The molecule has 1 aromatic carbocycles. The third kappa shape index (κ3) is 4.48. The van der Waals surface area contributed by atoms with Crippen LogP contribution in [0.5, 0.6) is 5.75 Å². The van der Waals surface area contributed by atoms with E-state index in [0.29, 0.717) is 51.7 Å². The van der Waals surface area contributed by atoms with Gasteiger partial charge in [-0.1, -0.05) is 6.92 Å². The Morgan fingerprint density at radius 3 is 2.64 bits per heavy atom. The molecule has 156 valence electrons. The van der Waals surface area contributed by atoms with Gasteiger partial charge < -0.3 is 19.1 Å². The van der Waals surface area contributed by atoms with E-state index in [9.17, 15) is 13.2 Å². The summed E-state index contributed by atoms with van der Waals surface area (Å²) in [4.78, 5) is 15.0. The summed E-state index contributed by atoms with van der Waals surface area (Å²) in [6.07, 6.45) is 1.54. The SMILES string of the molecule is CC[C@@H]1CN(C(=O)c2cc(S(=O)(=O)N3CCOCC3)ccc2OC)CCCO1. The lowest BCUT2D eigenvalue weighted by atomic mass is 10.1. The number of rotatable bonds is 5. The van der Waals surface area contributed by atoms with Crippen molar-refractivity contribution in [3.8, 4) is 5.75 Å². The number of benzene rings is 1. The Hall–Kier alpha value is -1.68. The molecule has 0 radical (unpaired) electrons. The smallest absolute Gasteiger partial charge is 0.257 e. The van der Waals surface area contributed by atoms with E-state index in [-0.39, 0.29) is 22.5 Å². The number of morpholine rings is 1. The minimum Gasteiger partial charge on any atom is -0.496 e. The molecule has 2 heterocycles. The molecular formula is C19H28N2O6S. The molecule has 8 nitrogen and oxygen atoms in total. The molecule has 0 unspecified atom stereocenters. The summed E-state index contributed by atoms with van der Waals surface area (Å²) in [5.74, 6) is 0.129. The molecule has 2 aliphatic heterocycles. The van der Waals surface area contributed by atoms with Crippen LogP contribution in [-0.2, 0) is 19.5 Å². The summed E-state index contributed by atoms with van der Waals surface area (Å²) in [5.41, 5.74) is 0.258. The number of carbonyl (C=O) groups excluding carboxylic acids is 1. The van der Waals surface area contributed by atoms with Crippen molar-refractivity contribution in [3.63, 3.8) is 0 Å². The van der Waals surface area contributed by atoms with Crippen LogP contribution in [0.15, 0.2) is 23.1 Å². The maximum Gasteiger partial charge on any atom is 0.257 e. The summed E-state index contributed by atoms with van der Waals surface area (Å²) < 4.78 is 43.7. The molecule has 0 aliphatic carbocycles. The number of methoxy groups -OCH3 is 1. The van der Waals surface area contributed by atoms with Gasteiger partial charge in [-0.2, -0.15) is 4.31 Å². The number of nitrogens with zero attached hydrogens (tertiary/aromatic N) is 2. The maximum atomic E-state index is 13.2. The normalized spacial score (nSPS) is 21.9. The number of hydrogen-bond donors (Lipinski definition) is 0. The highest BCUT2D eigenvalue weighted by Crippen LogP contribution is 2.27. The van der Waals surface area contributed by atoms with Crippen LogP contribution in [0.3, 0.4) is 0 Å². The standard InChI is InChI=1S/C19H28N2O6S/c1-3-15-14-20(7-4-10-27-15)19(22)17-13-16(5-6-18(17)25-2)28(23,24)21-8-11-26-12-9-21/h5-6,13,15H,3-4,7-12,14H2,1-2H3/t15-/m1/s1. The van der Waals surface area contributed by atoms with E-state index in [1.807, 2.05) is 6.92 Å². The van der Waals surface area contributed by atoms with Crippen molar-refractivity contribution < 1.29 is 27.4 Å². The highest BCUT2D eigenvalue weighted by atomic mass is 32.2. The van der Waals surface area contributed by atoms with Crippen molar-refractivity contribution in [2.75, 3.05) is 53.1 Å². The summed E-state index contributed by atoms with van der Waals surface area (Å²) in [6.45, 7) is 5.04. The third-order valence-corrected chi connectivity index (χ3v) is 7.00. The first kappa shape index (κ1) is 21.0. The van der Waals surface area contributed by atoms with Gasteiger partial charge in [0.1, 0.15) is 5.75 Å². The van der Waals surface area contributed by atoms with Gasteiger partial charge in [0.05, 0.1) is 36.9 Å². The minimum absolute atomic E-state index is 0.0160. The second-order valence-electron chi connectivity index (χ2n) is 6.88. The fourth-order valence-corrected chi connectivity index (χ4v) is 4.88. The molecule has 9 heteroatoms. The number of hydrogen-bond acceptors (Lipinski definition) is 6. The first-order valence-electron chi connectivity index (χ1n) is 9.64. The zero-order valence-corrected chi connectivity index (χ0v) is 17.2. The Labute approximate surface area is 166 Å². The first-order valence-corrected chi connectivity index (χ1v) is 11.1. The van der Waals surface area contributed by atoms with Crippen LogP contribution < -0.4 is 4.74 Å². The van der Waals surface area contributed by atoms with Crippen LogP contribution in [-0.4, -0.2) is 82.7 Å². The molecule has 0 N–H and O–H groups in total. The average Bonchev–Trinajstić information content (AvgIpc) is 2.99. The van der Waals surface area contributed by atoms with Crippen LogP contribution in [0.2, 0.25) is 0 Å². The predicted molar refractivity (Wildman–Crippen MR) is 103 cm³/mol. The Kier molecular flexibility index (Phi) is 6.92. The lowest BCUT2D eigenvalue weighted by Gasteiger charge is -2.27. The van der Waals surface area contributed by atoms with E-state index in [0.717, 1.165) is 12.8 Å². The minimum atomic E-state index is -3.69. The number of ether oxygens (including phenoxy) is 3. The van der Waals surface area contributed by atoms with Gasteiger partial charge in [0.15, 0.2) is 0 Å². The molecule has 0 spiro atoms.